The molecular weight excluding hydrogens is 366 g/mol. The molecule has 0 unspecified atom stereocenters. The molecule has 1 spiro atoms. The van der Waals surface area contributed by atoms with E-state index in [1.54, 1.807) is 0 Å². The molecule has 0 bridgehead atoms. The van der Waals surface area contributed by atoms with Gasteiger partial charge in [-0.3, -0.25) is 0 Å². The summed E-state index contributed by atoms with van der Waals surface area (Å²) in [5.74, 6) is 1.60. The number of piperidine rings is 1. The van der Waals surface area contributed by atoms with Crippen LogP contribution in [0.15, 0.2) is 18.2 Å². The van der Waals surface area contributed by atoms with E-state index in [9.17, 15) is 0 Å². The van der Waals surface area contributed by atoms with Crippen LogP contribution in [-0.2, 0) is 9.47 Å². The van der Waals surface area contributed by atoms with Crippen molar-refractivity contribution in [3.63, 3.8) is 0 Å². The predicted octanol–water partition coefficient (Wildman–Crippen LogP) is 3.40. The third kappa shape index (κ3) is 2.76. The van der Waals surface area contributed by atoms with E-state index in [2.05, 4.69) is 33.3 Å². The van der Waals surface area contributed by atoms with Gasteiger partial charge in [0, 0.05) is 42.3 Å². The van der Waals surface area contributed by atoms with Gasteiger partial charge in [-0.15, -0.1) is 10.2 Å². The van der Waals surface area contributed by atoms with Crippen molar-refractivity contribution >= 4 is 34.1 Å². The molecule has 2 aromatic heterocycles. The van der Waals surface area contributed by atoms with Crippen molar-refractivity contribution in [1.29, 1.82) is 0 Å². The average Bonchev–Trinajstić information content (AvgIpc) is 3.29. The molecule has 0 radical (unpaired) electrons. The zero-order valence-corrected chi connectivity index (χ0v) is 16.2. The number of ether oxygens (including phenoxy) is 2. The standard InChI is InChI=1S/C19H22ClN5O2/c1-12(2)16-22-23-17-14-4-3-13(20)11-15(14)21-18(25(16)17)24-7-5-19(6-8-24)26-9-10-27-19/h3-4,11-12H,5-10H2,1-2H3. The number of benzene rings is 1. The van der Waals surface area contributed by atoms with Gasteiger partial charge in [0.1, 0.15) is 5.82 Å². The molecule has 4 heterocycles. The Morgan fingerprint density at radius 1 is 1.11 bits per heavy atom. The van der Waals surface area contributed by atoms with Crippen LogP contribution in [0.1, 0.15) is 38.4 Å². The second-order valence-electron chi connectivity index (χ2n) is 7.54. The minimum Gasteiger partial charge on any atom is -0.347 e. The second kappa shape index (κ2) is 6.29. The molecular formula is C19H22ClN5O2. The number of nitrogens with zero attached hydrogens (tertiary/aromatic N) is 5. The largest absolute Gasteiger partial charge is 0.347 e. The van der Waals surface area contributed by atoms with Crippen LogP contribution < -0.4 is 4.90 Å². The van der Waals surface area contributed by atoms with Crippen LogP contribution in [0, 0.1) is 0 Å². The summed E-state index contributed by atoms with van der Waals surface area (Å²) in [6.07, 6.45) is 1.64. The molecule has 8 heteroatoms. The molecule has 2 aliphatic heterocycles. The van der Waals surface area contributed by atoms with Crippen molar-refractivity contribution in [2.45, 2.75) is 38.4 Å². The average molecular weight is 388 g/mol. The second-order valence-corrected chi connectivity index (χ2v) is 7.98. The lowest BCUT2D eigenvalue weighted by atomic mass is 10.0. The molecule has 0 saturated carbocycles. The Kier molecular flexibility index (Phi) is 4.00. The molecule has 5 rings (SSSR count). The van der Waals surface area contributed by atoms with Gasteiger partial charge in [0.25, 0.3) is 0 Å². The molecule has 0 aliphatic carbocycles. The van der Waals surface area contributed by atoms with Gasteiger partial charge in [0.15, 0.2) is 11.4 Å². The minimum atomic E-state index is -0.413. The maximum atomic E-state index is 6.22. The summed E-state index contributed by atoms with van der Waals surface area (Å²) in [5.41, 5.74) is 1.66. The number of hydrogen-bond acceptors (Lipinski definition) is 6. The number of aromatic nitrogens is 4. The van der Waals surface area contributed by atoms with Crippen molar-refractivity contribution in [2.75, 3.05) is 31.2 Å². The van der Waals surface area contributed by atoms with Gasteiger partial charge in [-0.25, -0.2) is 9.38 Å². The highest BCUT2D eigenvalue weighted by Crippen LogP contribution is 2.34. The zero-order valence-electron chi connectivity index (χ0n) is 15.5. The Balaban J connectivity index is 1.64. The van der Waals surface area contributed by atoms with Gasteiger partial charge in [-0.1, -0.05) is 25.4 Å². The number of anilines is 1. The van der Waals surface area contributed by atoms with Gasteiger partial charge in [-0.05, 0) is 18.2 Å². The van der Waals surface area contributed by atoms with Crippen LogP contribution in [0.25, 0.3) is 16.6 Å². The van der Waals surface area contributed by atoms with E-state index in [0.717, 1.165) is 54.3 Å². The van der Waals surface area contributed by atoms with Crippen molar-refractivity contribution in [3.8, 4) is 0 Å². The van der Waals surface area contributed by atoms with E-state index >= 15 is 0 Å². The summed E-state index contributed by atoms with van der Waals surface area (Å²) < 4.78 is 13.8. The fraction of sp³-hybridized carbons (Fsp3) is 0.526. The van der Waals surface area contributed by atoms with Gasteiger partial charge in [0.2, 0.25) is 5.95 Å². The van der Waals surface area contributed by atoms with Crippen molar-refractivity contribution < 1.29 is 9.47 Å². The summed E-state index contributed by atoms with van der Waals surface area (Å²) in [5, 5.41) is 10.6. The van der Waals surface area contributed by atoms with Crippen LogP contribution in [0.2, 0.25) is 5.02 Å². The van der Waals surface area contributed by atoms with Crippen LogP contribution in [0.4, 0.5) is 5.95 Å². The van der Waals surface area contributed by atoms with Crippen molar-refractivity contribution in [2.24, 2.45) is 0 Å². The monoisotopic (exact) mass is 387 g/mol. The SMILES string of the molecule is CC(C)c1nnc2c3ccc(Cl)cc3nc(N3CCC4(CC3)OCCO4)n12. The zero-order chi connectivity index (χ0) is 18.6. The third-order valence-electron chi connectivity index (χ3n) is 5.45. The first-order valence-corrected chi connectivity index (χ1v) is 9.81. The maximum absolute atomic E-state index is 6.22. The maximum Gasteiger partial charge on any atom is 0.213 e. The lowest BCUT2D eigenvalue weighted by Crippen LogP contribution is -2.46. The highest BCUT2D eigenvalue weighted by Gasteiger charge is 2.40. The first-order valence-electron chi connectivity index (χ1n) is 9.43. The topological polar surface area (TPSA) is 64.8 Å². The van der Waals surface area contributed by atoms with Crippen LogP contribution >= 0.6 is 11.6 Å². The molecule has 3 aromatic rings. The lowest BCUT2D eigenvalue weighted by Gasteiger charge is -2.38. The molecule has 27 heavy (non-hydrogen) atoms. The Bertz CT molecular complexity index is 1000. The molecule has 2 aliphatic rings. The third-order valence-corrected chi connectivity index (χ3v) is 5.68. The highest BCUT2D eigenvalue weighted by atomic mass is 35.5. The summed E-state index contributed by atoms with van der Waals surface area (Å²) in [6, 6.07) is 5.72. The summed E-state index contributed by atoms with van der Waals surface area (Å²) >= 11 is 6.22. The minimum absolute atomic E-state index is 0.239. The van der Waals surface area contributed by atoms with E-state index in [4.69, 9.17) is 26.1 Å². The van der Waals surface area contributed by atoms with E-state index in [1.807, 2.05) is 18.2 Å². The Morgan fingerprint density at radius 3 is 2.56 bits per heavy atom. The summed E-state index contributed by atoms with van der Waals surface area (Å²) in [6.45, 7) is 7.23. The smallest absolute Gasteiger partial charge is 0.213 e. The van der Waals surface area contributed by atoms with Crippen molar-refractivity contribution in [1.82, 2.24) is 19.6 Å². The fourth-order valence-corrected chi connectivity index (χ4v) is 4.20. The Morgan fingerprint density at radius 2 is 1.85 bits per heavy atom. The van der Waals surface area contributed by atoms with E-state index in [-0.39, 0.29) is 5.92 Å². The van der Waals surface area contributed by atoms with Crippen molar-refractivity contribution in [3.05, 3.63) is 29.0 Å². The number of halogens is 1. The molecule has 142 valence electrons. The molecule has 2 saturated heterocycles. The summed E-state index contributed by atoms with van der Waals surface area (Å²) in [7, 11) is 0. The fourth-order valence-electron chi connectivity index (χ4n) is 4.03. The van der Waals surface area contributed by atoms with E-state index < -0.39 is 5.79 Å². The van der Waals surface area contributed by atoms with Gasteiger partial charge in [-0.2, -0.15) is 0 Å². The quantitative estimate of drug-likeness (QED) is 0.671. The van der Waals surface area contributed by atoms with E-state index in [0.29, 0.717) is 18.2 Å². The number of hydrogen-bond donors (Lipinski definition) is 0. The van der Waals surface area contributed by atoms with Gasteiger partial charge < -0.3 is 14.4 Å². The highest BCUT2D eigenvalue weighted by molar-refractivity contribution is 6.31. The van der Waals surface area contributed by atoms with E-state index in [1.165, 1.54) is 0 Å². The van der Waals surface area contributed by atoms with Crippen LogP contribution in [0.5, 0.6) is 0 Å². The normalized spacial score (nSPS) is 19.8. The molecule has 1 aromatic carbocycles. The number of rotatable bonds is 2. The Hall–Kier alpha value is -1.96. The lowest BCUT2D eigenvalue weighted by molar-refractivity contribution is -0.169. The first-order chi connectivity index (χ1) is 13.1. The summed E-state index contributed by atoms with van der Waals surface area (Å²) in [4.78, 5) is 7.24. The van der Waals surface area contributed by atoms with Crippen LogP contribution in [0.3, 0.4) is 0 Å². The molecule has 0 amide bonds. The molecule has 0 atom stereocenters. The predicted molar refractivity (Wildman–Crippen MR) is 103 cm³/mol. The molecule has 7 nitrogen and oxygen atoms in total. The van der Waals surface area contributed by atoms with Gasteiger partial charge in [0.05, 0.1) is 18.7 Å². The molecule has 0 N–H and O–H groups in total. The molecule has 2 fully saturated rings. The van der Waals surface area contributed by atoms with Gasteiger partial charge >= 0.3 is 0 Å². The first kappa shape index (κ1) is 17.2. The number of fused-ring (bicyclic) bond motifs is 3. The van der Waals surface area contributed by atoms with Crippen LogP contribution in [-0.4, -0.2) is 51.7 Å². The Labute approximate surface area is 162 Å².